The number of benzene rings is 3. The van der Waals surface area contributed by atoms with Crippen LogP contribution in [0.5, 0.6) is 0 Å². The van der Waals surface area contributed by atoms with E-state index >= 15 is 0 Å². The van der Waals surface area contributed by atoms with Crippen molar-refractivity contribution in [1.29, 1.82) is 0 Å². The molecule has 0 unspecified atom stereocenters. The van der Waals surface area contributed by atoms with E-state index in [-0.39, 0.29) is 30.3 Å². The molecule has 5 rings (SSSR count). The molecule has 35 heavy (non-hydrogen) atoms. The Morgan fingerprint density at radius 2 is 1.60 bits per heavy atom. The third kappa shape index (κ3) is 4.35. The Morgan fingerprint density at radius 1 is 0.971 bits per heavy atom. The standard InChI is InChI=1S/C27H23FN2O5/c28-23-13-16(9-10-21(23)24(31)29-15-27(11-12-27)25(32)33)30-26(34)35-14-22-19-7-3-1-5-17(19)18-6-2-4-8-20(18)22/h1-10,13,22H,11-12,14-15H2,(H,29,31)(H,30,34)(H,32,33). The molecule has 2 aliphatic carbocycles. The fraction of sp³-hybridized carbons (Fsp3) is 0.222. The molecule has 7 nitrogen and oxygen atoms in total. The van der Waals surface area contributed by atoms with Crippen LogP contribution in [-0.4, -0.2) is 36.2 Å². The number of halogens is 1. The van der Waals surface area contributed by atoms with Gasteiger partial charge in [-0.3, -0.25) is 14.9 Å². The number of aliphatic carboxylic acids is 1. The molecule has 2 amide bonds. The van der Waals surface area contributed by atoms with Crippen molar-refractivity contribution in [1.82, 2.24) is 5.32 Å². The molecule has 3 aromatic rings. The van der Waals surface area contributed by atoms with Gasteiger partial charge in [0.2, 0.25) is 0 Å². The topological polar surface area (TPSA) is 105 Å². The maximum absolute atomic E-state index is 14.5. The first-order valence-electron chi connectivity index (χ1n) is 11.3. The lowest BCUT2D eigenvalue weighted by Gasteiger charge is -2.15. The van der Waals surface area contributed by atoms with Crippen LogP contribution in [0.1, 0.15) is 40.2 Å². The highest BCUT2D eigenvalue weighted by molar-refractivity contribution is 5.96. The van der Waals surface area contributed by atoms with Gasteiger partial charge in [-0.25, -0.2) is 9.18 Å². The van der Waals surface area contributed by atoms with Crippen LogP contribution in [0.15, 0.2) is 66.7 Å². The molecule has 3 N–H and O–H groups in total. The van der Waals surface area contributed by atoms with E-state index in [4.69, 9.17) is 4.74 Å². The molecule has 0 aliphatic heterocycles. The van der Waals surface area contributed by atoms with E-state index in [0.29, 0.717) is 12.8 Å². The number of carboxylic acids is 1. The summed E-state index contributed by atoms with van der Waals surface area (Å²) in [6.07, 6.45) is 0.225. The minimum atomic E-state index is -0.971. The first-order chi connectivity index (χ1) is 16.9. The molecule has 0 heterocycles. The first-order valence-corrected chi connectivity index (χ1v) is 11.3. The zero-order valence-corrected chi connectivity index (χ0v) is 18.7. The average Bonchev–Trinajstić information content (AvgIpc) is 3.58. The van der Waals surface area contributed by atoms with Crippen LogP contribution < -0.4 is 10.6 Å². The van der Waals surface area contributed by atoms with Gasteiger partial charge in [-0.2, -0.15) is 0 Å². The van der Waals surface area contributed by atoms with Gasteiger partial charge in [0.1, 0.15) is 12.4 Å². The number of ether oxygens (including phenoxy) is 1. The van der Waals surface area contributed by atoms with Crippen molar-refractivity contribution in [3.05, 3.63) is 89.2 Å². The van der Waals surface area contributed by atoms with Gasteiger partial charge in [0.05, 0.1) is 11.0 Å². The number of anilines is 1. The molecule has 3 aromatic carbocycles. The van der Waals surface area contributed by atoms with Crippen LogP contribution in [-0.2, 0) is 9.53 Å². The molecule has 0 atom stereocenters. The van der Waals surface area contributed by atoms with Gasteiger partial charge in [-0.15, -0.1) is 0 Å². The zero-order chi connectivity index (χ0) is 24.6. The summed E-state index contributed by atoms with van der Waals surface area (Å²) in [5.74, 6) is -2.61. The van der Waals surface area contributed by atoms with Crippen LogP contribution in [0.3, 0.4) is 0 Å². The molecule has 1 saturated carbocycles. The van der Waals surface area contributed by atoms with E-state index in [9.17, 15) is 23.9 Å². The lowest BCUT2D eigenvalue weighted by atomic mass is 9.98. The van der Waals surface area contributed by atoms with E-state index in [1.807, 2.05) is 48.5 Å². The highest BCUT2D eigenvalue weighted by Crippen LogP contribution is 2.45. The molecule has 0 spiro atoms. The van der Waals surface area contributed by atoms with Crippen LogP contribution in [0.4, 0.5) is 14.9 Å². The first kappa shape index (κ1) is 22.6. The second-order valence-corrected chi connectivity index (χ2v) is 8.91. The molecule has 1 fully saturated rings. The second kappa shape index (κ2) is 8.87. The number of carboxylic acid groups (broad SMARTS) is 1. The second-order valence-electron chi connectivity index (χ2n) is 8.91. The van der Waals surface area contributed by atoms with E-state index in [1.165, 1.54) is 12.1 Å². The molecule has 178 valence electrons. The number of hydrogen-bond acceptors (Lipinski definition) is 4. The maximum Gasteiger partial charge on any atom is 0.411 e. The van der Waals surface area contributed by atoms with E-state index in [1.54, 1.807) is 0 Å². The summed E-state index contributed by atoms with van der Waals surface area (Å²) < 4.78 is 20.0. The van der Waals surface area contributed by atoms with Crippen LogP contribution >= 0.6 is 0 Å². The number of carbonyl (C=O) groups is 3. The maximum atomic E-state index is 14.5. The number of amides is 2. The van der Waals surface area contributed by atoms with Crippen LogP contribution in [0.2, 0.25) is 0 Å². The fourth-order valence-electron chi connectivity index (χ4n) is 4.49. The van der Waals surface area contributed by atoms with Gasteiger partial charge >= 0.3 is 12.1 Å². The zero-order valence-electron chi connectivity index (χ0n) is 18.7. The summed E-state index contributed by atoms with van der Waals surface area (Å²) in [4.78, 5) is 35.9. The smallest absolute Gasteiger partial charge is 0.411 e. The van der Waals surface area contributed by atoms with E-state index in [2.05, 4.69) is 10.6 Å². The van der Waals surface area contributed by atoms with Crippen molar-refractivity contribution in [3.8, 4) is 11.1 Å². The monoisotopic (exact) mass is 474 g/mol. The summed E-state index contributed by atoms with van der Waals surface area (Å²) in [6, 6.07) is 19.6. The molecule has 0 saturated heterocycles. The van der Waals surface area contributed by atoms with Crippen molar-refractivity contribution in [3.63, 3.8) is 0 Å². The van der Waals surface area contributed by atoms with E-state index in [0.717, 1.165) is 28.3 Å². The van der Waals surface area contributed by atoms with Gasteiger partial charge in [0, 0.05) is 18.2 Å². The molecular weight excluding hydrogens is 451 g/mol. The lowest BCUT2D eigenvalue weighted by Crippen LogP contribution is -2.34. The summed E-state index contributed by atoms with van der Waals surface area (Å²) in [5, 5.41) is 14.2. The van der Waals surface area contributed by atoms with Crippen molar-refractivity contribution >= 4 is 23.7 Å². The Balaban J connectivity index is 1.20. The Bertz CT molecular complexity index is 1290. The lowest BCUT2D eigenvalue weighted by molar-refractivity contribution is -0.143. The summed E-state index contributed by atoms with van der Waals surface area (Å²) in [7, 11) is 0. The van der Waals surface area contributed by atoms with Crippen LogP contribution in [0, 0.1) is 11.2 Å². The third-order valence-electron chi connectivity index (χ3n) is 6.70. The Labute approximate surface area is 200 Å². The quantitative estimate of drug-likeness (QED) is 0.457. The minimum absolute atomic E-state index is 0.0552. The summed E-state index contributed by atoms with van der Waals surface area (Å²) in [5.41, 5.74) is 3.35. The number of fused-ring (bicyclic) bond motifs is 3. The third-order valence-corrected chi connectivity index (χ3v) is 6.70. The Kier molecular flexibility index (Phi) is 5.72. The molecule has 0 bridgehead atoms. The number of carbonyl (C=O) groups excluding carboxylic acids is 2. The number of hydrogen-bond donors (Lipinski definition) is 3. The summed E-state index contributed by atoms with van der Waals surface area (Å²) >= 11 is 0. The molecule has 2 aliphatic rings. The molecule has 8 heteroatoms. The van der Waals surface area contributed by atoms with Crippen LogP contribution in [0.25, 0.3) is 11.1 Å². The Hall–Kier alpha value is -4.20. The molecular formula is C27H23FN2O5. The minimum Gasteiger partial charge on any atom is -0.481 e. The number of rotatable bonds is 7. The van der Waals surface area contributed by atoms with Gasteiger partial charge < -0.3 is 15.2 Å². The highest BCUT2D eigenvalue weighted by Gasteiger charge is 2.50. The Morgan fingerprint density at radius 3 is 2.17 bits per heavy atom. The predicted molar refractivity (Wildman–Crippen MR) is 127 cm³/mol. The van der Waals surface area contributed by atoms with Gasteiger partial charge in [0.25, 0.3) is 5.91 Å². The fourth-order valence-corrected chi connectivity index (χ4v) is 4.49. The number of nitrogens with one attached hydrogen (secondary N) is 2. The van der Waals surface area contributed by atoms with E-state index < -0.39 is 29.2 Å². The van der Waals surface area contributed by atoms with Crippen molar-refractivity contribution in [2.24, 2.45) is 5.41 Å². The van der Waals surface area contributed by atoms with Crippen molar-refractivity contribution in [2.45, 2.75) is 18.8 Å². The molecule has 0 aromatic heterocycles. The van der Waals surface area contributed by atoms with Crippen molar-refractivity contribution < 1.29 is 28.6 Å². The van der Waals surface area contributed by atoms with Gasteiger partial charge in [-0.05, 0) is 53.3 Å². The molecule has 0 radical (unpaired) electrons. The normalized spacial score (nSPS) is 15.0. The van der Waals surface area contributed by atoms with Crippen molar-refractivity contribution in [2.75, 3.05) is 18.5 Å². The van der Waals surface area contributed by atoms with Gasteiger partial charge in [-0.1, -0.05) is 48.5 Å². The predicted octanol–water partition coefficient (Wildman–Crippen LogP) is 4.78. The summed E-state index contributed by atoms with van der Waals surface area (Å²) in [6.45, 7) is 0.0640. The average molecular weight is 474 g/mol. The SMILES string of the molecule is O=C(Nc1ccc(C(=O)NCC2(C(=O)O)CC2)c(F)c1)OCC1c2ccccc2-c2ccccc21. The van der Waals surface area contributed by atoms with Gasteiger partial charge in [0.15, 0.2) is 0 Å². The highest BCUT2D eigenvalue weighted by atomic mass is 19.1. The largest absolute Gasteiger partial charge is 0.481 e.